The zero-order valence-corrected chi connectivity index (χ0v) is 12.8. The first-order chi connectivity index (χ1) is 10.7. The van der Waals surface area contributed by atoms with Crippen LogP contribution in [0.25, 0.3) is 10.9 Å². The normalized spacial score (nSPS) is 18.1. The number of H-pyrrole nitrogens is 1. The van der Waals surface area contributed by atoms with E-state index in [4.69, 9.17) is 0 Å². The molecule has 1 saturated heterocycles. The maximum atomic E-state index is 12.2. The third-order valence-electron chi connectivity index (χ3n) is 4.20. The highest BCUT2D eigenvalue weighted by molar-refractivity contribution is 5.91. The van der Waals surface area contributed by atoms with Gasteiger partial charge in [-0.25, -0.2) is 0 Å². The van der Waals surface area contributed by atoms with Crippen LogP contribution in [0, 0.1) is 0 Å². The van der Waals surface area contributed by atoms with Gasteiger partial charge in [0.2, 0.25) is 11.8 Å². The van der Waals surface area contributed by atoms with Gasteiger partial charge in [0, 0.05) is 36.6 Å². The lowest BCUT2D eigenvalue weighted by atomic mass is 10.1. The van der Waals surface area contributed by atoms with Crippen molar-refractivity contribution in [3.8, 4) is 0 Å². The Balaban J connectivity index is 1.79. The van der Waals surface area contributed by atoms with Gasteiger partial charge in [-0.15, -0.1) is 0 Å². The largest absolute Gasteiger partial charge is 0.361 e. The number of hydrogen-bond acceptors (Lipinski definition) is 2. The molecule has 0 spiro atoms. The number of hydrogen-bond donors (Lipinski definition) is 2. The van der Waals surface area contributed by atoms with Crippen LogP contribution >= 0.6 is 0 Å². The topological polar surface area (TPSA) is 65.2 Å². The summed E-state index contributed by atoms with van der Waals surface area (Å²) in [6.45, 7) is 3.15. The van der Waals surface area contributed by atoms with Gasteiger partial charge in [0.15, 0.2) is 0 Å². The number of likely N-dealkylation sites (tertiary alicyclic amines) is 1. The lowest BCUT2D eigenvalue weighted by Gasteiger charge is -2.23. The van der Waals surface area contributed by atoms with Crippen molar-refractivity contribution in [2.45, 2.75) is 38.8 Å². The van der Waals surface area contributed by atoms with Gasteiger partial charge >= 0.3 is 0 Å². The third kappa shape index (κ3) is 2.71. The summed E-state index contributed by atoms with van der Waals surface area (Å²) in [5.74, 6) is 0.0227. The fraction of sp³-hybridized carbons (Fsp3) is 0.412. The standard InChI is InChI=1S/C17H21N3O2/c1-2-9-18-17(22)15-7-8-16(21)20(15)11-12-10-19-14-6-4-3-5-13(12)14/h3-6,10,15,19H,2,7-9,11H2,1H3,(H,18,22)/t15-/m0/s1. The molecule has 22 heavy (non-hydrogen) atoms. The average Bonchev–Trinajstić information content (AvgIpc) is 3.10. The Kier molecular flexibility index (Phi) is 4.13. The lowest BCUT2D eigenvalue weighted by Crippen LogP contribution is -2.44. The van der Waals surface area contributed by atoms with Crippen molar-refractivity contribution in [2.75, 3.05) is 6.54 Å². The highest BCUT2D eigenvalue weighted by atomic mass is 16.2. The number of rotatable bonds is 5. The van der Waals surface area contributed by atoms with Crippen molar-refractivity contribution < 1.29 is 9.59 Å². The van der Waals surface area contributed by atoms with Gasteiger partial charge < -0.3 is 15.2 Å². The molecule has 2 N–H and O–H groups in total. The van der Waals surface area contributed by atoms with E-state index in [-0.39, 0.29) is 17.9 Å². The van der Waals surface area contributed by atoms with E-state index in [0.717, 1.165) is 22.9 Å². The van der Waals surface area contributed by atoms with Crippen LogP contribution in [0.1, 0.15) is 31.7 Å². The molecule has 2 amide bonds. The lowest BCUT2D eigenvalue weighted by molar-refractivity contribution is -0.135. The van der Waals surface area contributed by atoms with Crippen molar-refractivity contribution in [3.63, 3.8) is 0 Å². The molecule has 0 radical (unpaired) electrons. The second-order valence-corrected chi connectivity index (χ2v) is 5.73. The summed E-state index contributed by atoms with van der Waals surface area (Å²) >= 11 is 0. The molecule has 116 valence electrons. The maximum absolute atomic E-state index is 12.2. The molecule has 5 nitrogen and oxygen atoms in total. The zero-order chi connectivity index (χ0) is 15.5. The van der Waals surface area contributed by atoms with Crippen LogP contribution in [0.2, 0.25) is 0 Å². The quantitative estimate of drug-likeness (QED) is 0.889. The first-order valence-electron chi connectivity index (χ1n) is 7.83. The number of aromatic amines is 1. The Morgan fingerprint density at radius 1 is 1.41 bits per heavy atom. The van der Waals surface area contributed by atoms with Gasteiger partial charge in [0.1, 0.15) is 6.04 Å². The molecule has 3 rings (SSSR count). The van der Waals surface area contributed by atoms with Gasteiger partial charge in [-0.2, -0.15) is 0 Å². The summed E-state index contributed by atoms with van der Waals surface area (Å²) < 4.78 is 0. The highest BCUT2D eigenvalue weighted by Crippen LogP contribution is 2.25. The number of carbonyl (C=O) groups is 2. The molecule has 5 heteroatoms. The molecule has 1 aliphatic heterocycles. The number of aromatic nitrogens is 1. The monoisotopic (exact) mass is 299 g/mol. The molecular weight excluding hydrogens is 278 g/mol. The summed E-state index contributed by atoms with van der Waals surface area (Å²) in [6, 6.07) is 7.67. The summed E-state index contributed by atoms with van der Waals surface area (Å²) in [7, 11) is 0. The number of amides is 2. The average molecular weight is 299 g/mol. The highest BCUT2D eigenvalue weighted by Gasteiger charge is 2.35. The number of para-hydroxylation sites is 1. The second kappa shape index (κ2) is 6.22. The van der Waals surface area contributed by atoms with E-state index in [1.165, 1.54) is 0 Å². The molecule has 0 aliphatic carbocycles. The van der Waals surface area contributed by atoms with Crippen LogP contribution in [0.15, 0.2) is 30.5 Å². The molecule has 1 aliphatic rings. The fourth-order valence-corrected chi connectivity index (χ4v) is 3.02. The van der Waals surface area contributed by atoms with Gasteiger partial charge in [0.05, 0.1) is 0 Å². The summed E-state index contributed by atoms with van der Waals surface area (Å²) in [5.41, 5.74) is 2.11. The van der Waals surface area contributed by atoms with E-state index >= 15 is 0 Å². The van der Waals surface area contributed by atoms with Crippen molar-refractivity contribution in [1.29, 1.82) is 0 Å². The SMILES string of the molecule is CCCNC(=O)[C@@H]1CCC(=O)N1Cc1c[nH]c2ccccc12. The molecule has 1 aromatic carbocycles. The van der Waals surface area contributed by atoms with Crippen LogP contribution in [0.4, 0.5) is 0 Å². The predicted octanol–water partition coefficient (Wildman–Crippen LogP) is 2.19. The van der Waals surface area contributed by atoms with E-state index < -0.39 is 0 Å². The first kappa shape index (κ1) is 14.6. The maximum Gasteiger partial charge on any atom is 0.242 e. The smallest absolute Gasteiger partial charge is 0.242 e. The second-order valence-electron chi connectivity index (χ2n) is 5.73. The number of carbonyl (C=O) groups excluding carboxylic acids is 2. The Bertz CT molecular complexity index is 692. The molecule has 1 atom stereocenters. The third-order valence-corrected chi connectivity index (χ3v) is 4.20. The van der Waals surface area contributed by atoms with E-state index in [1.54, 1.807) is 4.90 Å². The van der Waals surface area contributed by atoms with Crippen LogP contribution < -0.4 is 5.32 Å². The fourth-order valence-electron chi connectivity index (χ4n) is 3.02. The van der Waals surface area contributed by atoms with Crippen LogP contribution in [-0.4, -0.2) is 34.3 Å². The van der Waals surface area contributed by atoms with E-state index in [9.17, 15) is 9.59 Å². The number of fused-ring (bicyclic) bond motifs is 1. The molecule has 1 aromatic heterocycles. The number of nitrogens with zero attached hydrogens (tertiary/aromatic N) is 1. The predicted molar refractivity (Wildman–Crippen MR) is 85.2 cm³/mol. The van der Waals surface area contributed by atoms with Crippen molar-refractivity contribution in [2.24, 2.45) is 0 Å². The Morgan fingerprint density at radius 3 is 3.05 bits per heavy atom. The number of benzene rings is 1. The van der Waals surface area contributed by atoms with E-state index in [2.05, 4.69) is 10.3 Å². The molecule has 0 unspecified atom stereocenters. The minimum Gasteiger partial charge on any atom is -0.361 e. The van der Waals surface area contributed by atoms with Crippen LogP contribution in [0.3, 0.4) is 0 Å². The summed E-state index contributed by atoms with van der Waals surface area (Å²) in [6.07, 6.45) is 3.88. The van der Waals surface area contributed by atoms with Gasteiger partial charge in [0.25, 0.3) is 0 Å². The van der Waals surface area contributed by atoms with Gasteiger partial charge in [-0.05, 0) is 24.5 Å². The molecule has 2 heterocycles. The zero-order valence-electron chi connectivity index (χ0n) is 12.8. The number of nitrogens with one attached hydrogen (secondary N) is 2. The van der Waals surface area contributed by atoms with Gasteiger partial charge in [-0.3, -0.25) is 9.59 Å². The minimum atomic E-state index is -0.340. The van der Waals surface area contributed by atoms with Crippen LogP contribution in [0.5, 0.6) is 0 Å². The summed E-state index contributed by atoms with van der Waals surface area (Å²) in [4.78, 5) is 29.3. The van der Waals surface area contributed by atoms with Crippen LogP contribution in [-0.2, 0) is 16.1 Å². The molecular formula is C17H21N3O2. The molecule has 0 bridgehead atoms. The summed E-state index contributed by atoms with van der Waals surface area (Å²) in [5, 5.41) is 4.01. The van der Waals surface area contributed by atoms with E-state index in [0.29, 0.717) is 25.9 Å². The van der Waals surface area contributed by atoms with Crippen molar-refractivity contribution in [1.82, 2.24) is 15.2 Å². The Hall–Kier alpha value is -2.30. The first-order valence-corrected chi connectivity index (χ1v) is 7.83. The minimum absolute atomic E-state index is 0.0347. The Morgan fingerprint density at radius 2 is 2.23 bits per heavy atom. The van der Waals surface area contributed by atoms with Gasteiger partial charge in [-0.1, -0.05) is 25.1 Å². The van der Waals surface area contributed by atoms with E-state index in [1.807, 2.05) is 37.4 Å². The van der Waals surface area contributed by atoms with Crippen molar-refractivity contribution >= 4 is 22.7 Å². The molecule has 1 fully saturated rings. The molecule has 2 aromatic rings. The molecule has 0 saturated carbocycles. The van der Waals surface area contributed by atoms with Crippen molar-refractivity contribution in [3.05, 3.63) is 36.0 Å². The Labute approximate surface area is 129 Å².